The van der Waals surface area contributed by atoms with E-state index in [9.17, 15) is 9.59 Å². The Morgan fingerprint density at radius 1 is 1.07 bits per heavy atom. The van der Waals surface area contributed by atoms with Crippen molar-refractivity contribution in [1.29, 1.82) is 0 Å². The van der Waals surface area contributed by atoms with Crippen LogP contribution in [0.5, 0.6) is 0 Å². The molecule has 3 aliphatic heterocycles. The molecule has 1 N–H and O–H groups in total. The normalized spacial score (nSPS) is 28.1. The van der Waals surface area contributed by atoms with Gasteiger partial charge in [0, 0.05) is 31.8 Å². The summed E-state index contributed by atoms with van der Waals surface area (Å²) in [5, 5.41) is 5.49. The highest BCUT2D eigenvalue weighted by Crippen LogP contribution is 2.59. The third kappa shape index (κ3) is 6.51. The smallest absolute Gasteiger partial charge is 0.351 e. The van der Waals surface area contributed by atoms with Gasteiger partial charge in [0.1, 0.15) is 26.1 Å². The third-order valence-electron chi connectivity index (χ3n) is 9.62. The molecule has 1 amide bonds. The van der Waals surface area contributed by atoms with Gasteiger partial charge >= 0.3 is 5.69 Å². The van der Waals surface area contributed by atoms with Gasteiger partial charge in [0.25, 0.3) is 8.53 Å². The van der Waals surface area contributed by atoms with Crippen LogP contribution in [0.4, 0.5) is 5.82 Å². The molecule has 0 aliphatic carbocycles. The zero-order chi connectivity index (χ0) is 32.4. The molecule has 1 aromatic heterocycles. The first-order valence-corrected chi connectivity index (χ1v) is 20.2. The number of anilines is 1. The molecular weight excluding hydrogens is 619 g/mol. The maximum atomic E-state index is 13.1. The third-order valence-corrected chi connectivity index (χ3v) is 15.8. The lowest BCUT2D eigenvalue weighted by Crippen LogP contribution is -2.58. The summed E-state index contributed by atoms with van der Waals surface area (Å²) in [7, 11) is -1.89. The average Bonchev–Trinajstić information content (AvgIpc) is 3.77. The first-order chi connectivity index (χ1) is 22.2. The predicted molar refractivity (Wildman–Crippen MR) is 182 cm³/mol. The summed E-state index contributed by atoms with van der Waals surface area (Å²) in [4.78, 5) is 29.4. The molecule has 3 aromatic rings. The molecule has 1 unspecified atom stereocenters. The summed E-state index contributed by atoms with van der Waals surface area (Å²) in [6, 6.07) is 24.7. The van der Waals surface area contributed by atoms with Crippen LogP contribution in [0.3, 0.4) is 0 Å². The van der Waals surface area contributed by atoms with Crippen LogP contribution in [0, 0.1) is 5.92 Å². The van der Waals surface area contributed by atoms with Crippen LogP contribution in [-0.4, -0.2) is 72.3 Å². The maximum absolute atomic E-state index is 13.1. The van der Waals surface area contributed by atoms with Crippen LogP contribution >= 0.6 is 8.53 Å². The Morgan fingerprint density at radius 2 is 1.74 bits per heavy atom. The number of carbonyl (C=O) groups is 1. The van der Waals surface area contributed by atoms with Crippen LogP contribution in [-0.2, 0) is 23.3 Å². The molecule has 246 valence electrons. The van der Waals surface area contributed by atoms with Crippen molar-refractivity contribution in [3.8, 4) is 0 Å². The summed E-state index contributed by atoms with van der Waals surface area (Å²) >= 11 is 0. The van der Waals surface area contributed by atoms with Gasteiger partial charge in [-0.3, -0.25) is 9.36 Å². The van der Waals surface area contributed by atoms with E-state index in [0.29, 0.717) is 12.5 Å². The standard InChI is InChI=1S/C34H45N4O6PSi/c1-6-27-30(31(41-4)33(42-27)37-21-19-29(36-34(37)40)35-32(39)23(2)3)44-45-38-20-13-18-26(38)28(43-45)22-46(5,24-14-9-7-10-15-24)25-16-11-8-12-17-25/h7-12,14-17,19,21,23,26-28,30-31,33H,6,13,18,20,22H2,1-5H3,(H,35,36,39,40)/t26-,27-,28+,30?,31+,33-,45+/m1/s1. The monoisotopic (exact) mass is 664 g/mol. The summed E-state index contributed by atoms with van der Waals surface area (Å²) in [5.74, 6) is -0.225. The fourth-order valence-electron chi connectivity index (χ4n) is 6.97. The van der Waals surface area contributed by atoms with Gasteiger partial charge in [0.2, 0.25) is 5.91 Å². The highest BCUT2D eigenvalue weighted by Gasteiger charge is 2.54. The van der Waals surface area contributed by atoms with Crippen molar-refractivity contribution in [2.75, 3.05) is 19.0 Å². The Bertz CT molecular complexity index is 1510. The molecule has 0 spiro atoms. The molecule has 12 heteroatoms. The number of aromatic nitrogens is 2. The van der Waals surface area contributed by atoms with E-state index < -0.39 is 40.7 Å². The van der Waals surface area contributed by atoms with E-state index in [2.05, 4.69) is 82.2 Å². The van der Waals surface area contributed by atoms with E-state index in [1.807, 2.05) is 6.92 Å². The van der Waals surface area contributed by atoms with Crippen molar-refractivity contribution in [3.63, 3.8) is 0 Å². The number of hydrogen-bond donors (Lipinski definition) is 1. The molecule has 7 atom stereocenters. The molecular formula is C34H45N4O6PSi. The minimum atomic E-state index is -2.14. The molecule has 3 fully saturated rings. The molecule has 3 aliphatic rings. The van der Waals surface area contributed by atoms with E-state index >= 15 is 0 Å². The Kier molecular flexibility index (Phi) is 10.2. The van der Waals surface area contributed by atoms with Crippen molar-refractivity contribution in [2.24, 2.45) is 5.92 Å². The van der Waals surface area contributed by atoms with Crippen molar-refractivity contribution in [1.82, 2.24) is 14.2 Å². The number of fused-ring (bicyclic) bond motifs is 1. The summed E-state index contributed by atoms with van der Waals surface area (Å²) in [6.07, 6.45) is 2.48. The fraction of sp³-hybridized carbons (Fsp3) is 0.500. The number of nitrogens with zero attached hydrogens (tertiary/aromatic N) is 3. The van der Waals surface area contributed by atoms with E-state index in [4.69, 9.17) is 18.5 Å². The Morgan fingerprint density at radius 3 is 2.33 bits per heavy atom. The topological polar surface area (TPSA) is 104 Å². The fourth-order valence-corrected chi connectivity index (χ4v) is 12.9. The molecule has 0 radical (unpaired) electrons. The first-order valence-electron chi connectivity index (χ1n) is 16.3. The molecule has 0 bridgehead atoms. The number of rotatable bonds is 11. The van der Waals surface area contributed by atoms with Gasteiger partial charge < -0.3 is 23.8 Å². The van der Waals surface area contributed by atoms with Crippen LogP contribution in [0.2, 0.25) is 12.6 Å². The zero-order valence-corrected chi connectivity index (χ0v) is 29.1. The van der Waals surface area contributed by atoms with Gasteiger partial charge in [-0.2, -0.15) is 4.98 Å². The molecule has 46 heavy (non-hydrogen) atoms. The zero-order valence-electron chi connectivity index (χ0n) is 27.2. The first kappa shape index (κ1) is 33.1. The lowest BCUT2D eigenvalue weighted by molar-refractivity contribution is -0.118. The van der Waals surface area contributed by atoms with E-state index in [1.165, 1.54) is 14.9 Å². The molecule has 10 nitrogen and oxygen atoms in total. The van der Waals surface area contributed by atoms with Crippen molar-refractivity contribution >= 4 is 38.7 Å². The van der Waals surface area contributed by atoms with Crippen molar-refractivity contribution < 1.29 is 23.3 Å². The van der Waals surface area contributed by atoms with E-state index in [-0.39, 0.29) is 29.9 Å². The van der Waals surface area contributed by atoms with E-state index in [0.717, 1.165) is 25.4 Å². The number of ether oxygens (including phenoxy) is 2. The van der Waals surface area contributed by atoms with Crippen LogP contribution in [0.1, 0.15) is 46.3 Å². The van der Waals surface area contributed by atoms with Crippen molar-refractivity contribution in [3.05, 3.63) is 83.4 Å². The second-order valence-electron chi connectivity index (χ2n) is 12.9. The number of benzene rings is 2. The number of methoxy groups -OCH3 is 1. The minimum absolute atomic E-state index is 0.0466. The maximum Gasteiger partial charge on any atom is 0.351 e. The molecule has 2 aromatic carbocycles. The van der Waals surface area contributed by atoms with E-state index in [1.54, 1.807) is 33.2 Å². The molecule has 3 saturated heterocycles. The van der Waals surface area contributed by atoms with Crippen molar-refractivity contribution in [2.45, 2.75) is 89.3 Å². The van der Waals surface area contributed by atoms with Gasteiger partial charge in [-0.15, -0.1) is 0 Å². The average molecular weight is 665 g/mol. The quantitative estimate of drug-likeness (QED) is 0.236. The van der Waals surface area contributed by atoms with Gasteiger partial charge in [-0.25, -0.2) is 9.46 Å². The SMILES string of the molecule is CC[C@H]1O[C@@H](n2ccc(NC(=O)C(C)C)nc2=O)[C@@H](OC)C1O[P@]1O[C@@H](C[Si](C)(c2ccccc2)c2ccccc2)[C@H]2CCCN21. The predicted octanol–water partition coefficient (Wildman–Crippen LogP) is 4.53. The Balaban J connectivity index is 1.22. The molecule has 0 saturated carbocycles. The highest BCUT2D eigenvalue weighted by molar-refractivity contribution is 7.45. The Hall–Kier alpha value is -2.76. The highest BCUT2D eigenvalue weighted by atomic mass is 31.2. The Labute approximate surface area is 273 Å². The van der Waals surface area contributed by atoms with Crippen LogP contribution in [0.25, 0.3) is 0 Å². The lowest BCUT2D eigenvalue weighted by Gasteiger charge is -2.32. The number of amides is 1. The second kappa shape index (κ2) is 14.2. The largest absolute Gasteiger partial charge is 0.374 e. The number of hydrogen-bond acceptors (Lipinski definition) is 8. The number of nitrogens with one attached hydrogen (secondary N) is 1. The van der Waals surface area contributed by atoms with Crippen LogP contribution in [0.15, 0.2) is 77.7 Å². The van der Waals surface area contributed by atoms with Gasteiger partial charge in [0.05, 0.1) is 12.2 Å². The van der Waals surface area contributed by atoms with Crippen LogP contribution < -0.4 is 21.4 Å². The molecule has 6 rings (SSSR count). The van der Waals surface area contributed by atoms with Gasteiger partial charge in [-0.05, 0) is 31.4 Å². The van der Waals surface area contributed by atoms with Gasteiger partial charge in [-0.1, -0.05) is 98.4 Å². The number of carbonyl (C=O) groups excluding carboxylic acids is 1. The molecule has 4 heterocycles. The summed E-state index contributed by atoms with van der Waals surface area (Å²) < 4.78 is 30.1. The lowest BCUT2D eigenvalue weighted by atomic mass is 10.1. The summed E-state index contributed by atoms with van der Waals surface area (Å²) in [6.45, 7) is 9.00. The summed E-state index contributed by atoms with van der Waals surface area (Å²) in [5.41, 5.74) is -0.530. The second-order valence-corrected chi connectivity index (χ2v) is 18.6. The minimum Gasteiger partial charge on any atom is -0.374 e. The van der Waals surface area contributed by atoms with Gasteiger partial charge in [0.15, 0.2) is 6.23 Å².